The van der Waals surface area contributed by atoms with E-state index in [-0.39, 0.29) is 15.6 Å². The van der Waals surface area contributed by atoms with Crippen LogP contribution in [0.2, 0.25) is 0 Å². The van der Waals surface area contributed by atoms with Crippen LogP contribution in [0.15, 0.2) is 63.8 Å². The van der Waals surface area contributed by atoms with Gasteiger partial charge in [-0.25, -0.2) is 13.4 Å². The summed E-state index contributed by atoms with van der Waals surface area (Å²) in [6.07, 6.45) is 0. The van der Waals surface area contributed by atoms with E-state index >= 15 is 0 Å². The summed E-state index contributed by atoms with van der Waals surface area (Å²) in [7, 11) is -0.791. The first kappa shape index (κ1) is 21.2. The van der Waals surface area contributed by atoms with Crippen molar-refractivity contribution in [2.24, 2.45) is 0 Å². The van der Waals surface area contributed by atoms with Gasteiger partial charge in [0, 0.05) is 11.8 Å². The Labute approximate surface area is 193 Å². The van der Waals surface area contributed by atoms with E-state index in [0.29, 0.717) is 28.5 Å². The lowest BCUT2D eigenvalue weighted by Gasteiger charge is -2.12. The number of ether oxygens (including phenoxy) is 2. The average molecular weight is 482 g/mol. The summed E-state index contributed by atoms with van der Waals surface area (Å²) >= 11 is 1.46. The van der Waals surface area contributed by atoms with Gasteiger partial charge in [-0.1, -0.05) is 22.9 Å². The predicted octanol–water partition coefficient (Wildman–Crippen LogP) is 4.24. The van der Waals surface area contributed by atoms with Crippen molar-refractivity contribution in [1.29, 1.82) is 0 Å². The Hall–Kier alpha value is -3.70. The number of nitrogens with zero attached hydrogens (tertiary/aromatic N) is 4. The van der Waals surface area contributed by atoms with Crippen molar-refractivity contribution in [3.8, 4) is 11.5 Å². The van der Waals surface area contributed by atoms with E-state index in [1.807, 2.05) is 24.4 Å². The van der Waals surface area contributed by atoms with Gasteiger partial charge in [0.1, 0.15) is 0 Å². The molecule has 1 N–H and O–H groups in total. The number of methoxy groups -OCH3 is 2. The molecule has 0 bridgehead atoms. The number of fused-ring (bicyclic) bond motifs is 3. The number of hydrogen-bond acceptors (Lipinski definition) is 9. The van der Waals surface area contributed by atoms with Crippen molar-refractivity contribution in [2.45, 2.75) is 16.8 Å². The van der Waals surface area contributed by atoms with E-state index in [9.17, 15) is 8.42 Å². The highest BCUT2D eigenvalue weighted by Gasteiger charge is 2.27. The molecule has 0 aliphatic heterocycles. The molecule has 11 heteroatoms. The molecule has 0 aliphatic carbocycles. The summed E-state index contributed by atoms with van der Waals surface area (Å²) < 4.78 is 39.6. The van der Waals surface area contributed by atoms with Crippen LogP contribution in [0.4, 0.5) is 11.5 Å². The molecule has 0 fully saturated rings. The fourth-order valence-corrected chi connectivity index (χ4v) is 5.51. The maximum absolute atomic E-state index is 13.3. The Kier molecular flexibility index (Phi) is 5.14. The van der Waals surface area contributed by atoms with Gasteiger partial charge in [-0.2, -0.15) is 4.52 Å². The zero-order valence-corrected chi connectivity index (χ0v) is 19.6. The lowest BCUT2D eigenvalue weighted by atomic mass is 10.2. The molecule has 33 heavy (non-hydrogen) atoms. The molecule has 0 amide bonds. The minimum atomic E-state index is -3.92. The zero-order valence-electron chi connectivity index (χ0n) is 17.9. The normalized spacial score (nSPS) is 11.7. The topological polar surface area (TPSA) is 108 Å². The van der Waals surface area contributed by atoms with Crippen molar-refractivity contribution in [1.82, 2.24) is 19.8 Å². The Morgan fingerprint density at radius 2 is 1.76 bits per heavy atom. The van der Waals surface area contributed by atoms with Gasteiger partial charge < -0.3 is 14.8 Å². The average Bonchev–Trinajstić information content (AvgIpc) is 3.47. The molecule has 5 rings (SSSR count). The fraction of sp³-hybridized carbons (Fsp3) is 0.136. The third-order valence-corrected chi connectivity index (χ3v) is 7.73. The summed E-state index contributed by atoms with van der Waals surface area (Å²) in [6.45, 7) is 1.89. The monoisotopic (exact) mass is 481 g/mol. The summed E-state index contributed by atoms with van der Waals surface area (Å²) in [5, 5.41) is 13.0. The smallest absolute Gasteiger partial charge is 0.229 e. The standard InChI is InChI=1S/C22H19N5O4S2/c1-13-4-7-15(8-5-13)33(28,29)22-21-24-20(19-16(10-11-32-19)27(21)26-25-22)23-14-6-9-17(30-2)18(12-14)31-3/h4-12H,1-3H3,(H,23,24). The zero-order chi connectivity index (χ0) is 23.2. The van der Waals surface area contributed by atoms with Crippen molar-refractivity contribution in [2.75, 3.05) is 19.5 Å². The summed E-state index contributed by atoms with van der Waals surface area (Å²) in [4.78, 5) is 4.76. The molecule has 2 aromatic carbocycles. The highest BCUT2D eigenvalue weighted by Crippen LogP contribution is 2.35. The van der Waals surface area contributed by atoms with Gasteiger partial charge in [-0.15, -0.1) is 16.4 Å². The number of benzene rings is 2. The molecule has 5 aromatic rings. The minimum absolute atomic E-state index is 0.136. The van der Waals surface area contributed by atoms with Crippen LogP contribution in [0.3, 0.4) is 0 Å². The first-order valence-electron chi connectivity index (χ1n) is 9.86. The molecule has 0 unspecified atom stereocenters. The molecule has 0 radical (unpaired) electrons. The van der Waals surface area contributed by atoms with Gasteiger partial charge in [0.15, 0.2) is 23.0 Å². The van der Waals surface area contributed by atoms with Crippen LogP contribution in [-0.2, 0) is 9.84 Å². The van der Waals surface area contributed by atoms with Gasteiger partial charge in [0.2, 0.25) is 14.9 Å². The van der Waals surface area contributed by atoms with E-state index in [4.69, 9.17) is 9.47 Å². The number of hydrogen-bond donors (Lipinski definition) is 1. The number of anilines is 2. The second-order valence-corrected chi connectivity index (χ2v) is 10.0. The molecule has 168 valence electrons. The van der Waals surface area contributed by atoms with Crippen molar-refractivity contribution in [3.63, 3.8) is 0 Å². The largest absolute Gasteiger partial charge is 0.493 e. The lowest BCUT2D eigenvalue weighted by molar-refractivity contribution is 0.355. The van der Waals surface area contributed by atoms with Crippen LogP contribution in [-0.4, -0.2) is 42.4 Å². The van der Waals surface area contributed by atoms with E-state index in [1.54, 1.807) is 50.6 Å². The summed E-state index contributed by atoms with van der Waals surface area (Å²) in [5.74, 6) is 1.64. The van der Waals surface area contributed by atoms with E-state index in [0.717, 1.165) is 10.3 Å². The highest BCUT2D eigenvalue weighted by molar-refractivity contribution is 7.91. The number of thiophene rings is 1. The van der Waals surface area contributed by atoms with Crippen molar-refractivity contribution in [3.05, 3.63) is 59.5 Å². The van der Waals surface area contributed by atoms with Crippen LogP contribution in [0.25, 0.3) is 15.9 Å². The first-order chi connectivity index (χ1) is 15.9. The molecule has 0 spiro atoms. The number of aryl methyl sites for hydroxylation is 1. The van der Waals surface area contributed by atoms with E-state index in [1.165, 1.54) is 15.9 Å². The van der Waals surface area contributed by atoms with Crippen LogP contribution >= 0.6 is 11.3 Å². The molecule has 3 heterocycles. The number of nitrogens with one attached hydrogen (secondary N) is 1. The summed E-state index contributed by atoms with van der Waals surface area (Å²) in [6, 6.07) is 13.8. The van der Waals surface area contributed by atoms with Gasteiger partial charge in [0.05, 0.1) is 29.3 Å². The minimum Gasteiger partial charge on any atom is -0.493 e. The van der Waals surface area contributed by atoms with Crippen LogP contribution in [0, 0.1) is 6.92 Å². The molecule has 0 saturated heterocycles. The molecule has 3 aromatic heterocycles. The lowest BCUT2D eigenvalue weighted by Crippen LogP contribution is -2.05. The summed E-state index contributed by atoms with van der Waals surface area (Å²) in [5.41, 5.74) is 2.51. The second kappa shape index (κ2) is 8.01. The van der Waals surface area contributed by atoms with Gasteiger partial charge in [-0.3, -0.25) is 0 Å². The van der Waals surface area contributed by atoms with Crippen LogP contribution < -0.4 is 14.8 Å². The third kappa shape index (κ3) is 3.55. The van der Waals surface area contributed by atoms with Crippen LogP contribution in [0.5, 0.6) is 11.5 Å². The van der Waals surface area contributed by atoms with Gasteiger partial charge in [0.25, 0.3) is 0 Å². The Bertz CT molecular complexity index is 1590. The molecule has 0 saturated carbocycles. The predicted molar refractivity (Wildman–Crippen MR) is 126 cm³/mol. The maximum atomic E-state index is 13.3. The number of rotatable bonds is 6. The molecular formula is C22H19N5O4S2. The Balaban J connectivity index is 1.66. The Morgan fingerprint density at radius 1 is 1.00 bits per heavy atom. The van der Waals surface area contributed by atoms with Crippen molar-refractivity contribution >= 4 is 48.5 Å². The highest BCUT2D eigenvalue weighted by atomic mass is 32.2. The van der Waals surface area contributed by atoms with Gasteiger partial charge in [-0.05, 0) is 42.6 Å². The first-order valence-corrected chi connectivity index (χ1v) is 12.2. The fourth-order valence-electron chi connectivity index (χ4n) is 3.46. The SMILES string of the molecule is COc1ccc(Nc2nc3c(S(=O)(=O)c4ccc(C)cc4)nnn3c3ccsc23)cc1OC. The maximum Gasteiger partial charge on any atom is 0.229 e. The quantitative estimate of drug-likeness (QED) is 0.384. The third-order valence-electron chi connectivity index (χ3n) is 5.15. The molecule has 9 nitrogen and oxygen atoms in total. The Morgan fingerprint density at radius 3 is 2.48 bits per heavy atom. The van der Waals surface area contributed by atoms with Gasteiger partial charge >= 0.3 is 0 Å². The number of aromatic nitrogens is 4. The molecular weight excluding hydrogens is 462 g/mol. The van der Waals surface area contributed by atoms with Crippen molar-refractivity contribution < 1.29 is 17.9 Å². The van der Waals surface area contributed by atoms with E-state index < -0.39 is 9.84 Å². The second-order valence-electron chi connectivity index (χ2n) is 7.24. The molecule has 0 aliphatic rings. The number of sulfone groups is 1. The van der Waals surface area contributed by atoms with Crippen LogP contribution in [0.1, 0.15) is 5.56 Å². The van der Waals surface area contributed by atoms with E-state index in [2.05, 4.69) is 20.6 Å². The molecule has 0 atom stereocenters.